The monoisotopic (exact) mass is 500 g/mol. The summed E-state index contributed by atoms with van der Waals surface area (Å²) < 4.78 is 5.65. The van der Waals surface area contributed by atoms with Crippen LogP contribution in [0.4, 0.5) is 4.79 Å². The number of benzene rings is 3. The summed E-state index contributed by atoms with van der Waals surface area (Å²) in [4.78, 5) is 38.6. The first-order chi connectivity index (χ1) is 17.8. The predicted octanol–water partition coefficient (Wildman–Crippen LogP) is 5.05. The Balaban J connectivity index is 1.39. The fourth-order valence-electron chi connectivity index (χ4n) is 4.76. The van der Waals surface area contributed by atoms with Gasteiger partial charge in [0.25, 0.3) is 0 Å². The Kier molecular flexibility index (Phi) is 8.23. The molecule has 3 aromatic carbocycles. The zero-order valence-corrected chi connectivity index (χ0v) is 21.1. The van der Waals surface area contributed by atoms with E-state index in [2.05, 4.69) is 29.6 Å². The Morgan fingerprint density at radius 3 is 2.03 bits per heavy atom. The Morgan fingerprint density at radius 1 is 0.892 bits per heavy atom. The number of nitrogens with zero attached hydrogens (tertiary/aromatic N) is 1. The standard InChI is InChI=1S/C30H32N2O5/c1-20(2)27(16-28(33)32(18-29(34)35)17-21-10-4-3-5-11-21)31-30(36)37-19-26-24-14-8-6-12-22(24)23-13-7-9-15-25(23)26/h3-15,20,26-27H,16-19H2,1-2H3,(H,31,36)(H,34,35). The van der Waals surface area contributed by atoms with Crippen LogP contribution >= 0.6 is 0 Å². The summed E-state index contributed by atoms with van der Waals surface area (Å²) in [6.07, 6.45) is -0.622. The number of carboxylic acid groups (broad SMARTS) is 1. The van der Waals surface area contributed by atoms with Crippen molar-refractivity contribution in [3.05, 3.63) is 95.6 Å². The second kappa shape index (κ2) is 11.7. The predicted molar refractivity (Wildman–Crippen MR) is 141 cm³/mol. The highest BCUT2D eigenvalue weighted by Crippen LogP contribution is 2.44. The normalized spacial score (nSPS) is 12.9. The molecule has 192 valence electrons. The highest BCUT2D eigenvalue weighted by molar-refractivity contribution is 5.82. The van der Waals surface area contributed by atoms with Gasteiger partial charge >= 0.3 is 12.1 Å². The average Bonchev–Trinajstić information content (AvgIpc) is 3.20. The van der Waals surface area contributed by atoms with E-state index in [4.69, 9.17) is 4.74 Å². The Hall–Kier alpha value is -4.13. The van der Waals surface area contributed by atoms with Crippen LogP contribution in [-0.4, -0.2) is 47.2 Å². The van der Waals surface area contributed by atoms with E-state index in [1.54, 1.807) is 0 Å². The molecule has 1 aliphatic rings. The maximum Gasteiger partial charge on any atom is 0.407 e. The van der Waals surface area contributed by atoms with Crippen molar-refractivity contribution in [1.29, 1.82) is 0 Å². The molecule has 2 N–H and O–H groups in total. The van der Waals surface area contributed by atoms with Gasteiger partial charge in [-0.05, 0) is 33.7 Å². The third-order valence-corrected chi connectivity index (χ3v) is 6.74. The number of fused-ring (bicyclic) bond motifs is 3. The van der Waals surface area contributed by atoms with Crippen LogP contribution < -0.4 is 5.32 Å². The molecule has 0 heterocycles. The molecule has 7 nitrogen and oxygen atoms in total. The van der Waals surface area contributed by atoms with E-state index in [0.29, 0.717) is 0 Å². The molecule has 0 radical (unpaired) electrons. The van der Waals surface area contributed by atoms with Gasteiger partial charge in [0.15, 0.2) is 0 Å². The minimum absolute atomic E-state index is 0.0258. The molecular formula is C30H32N2O5. The Morgan fingerprint density at radius 2 is 1.46 bits per heavy atom. The first-order valence-electron chi connectivity index (χ1n) is 12.5. The third-order valence-electron chi connectivity index (χ3n) is 6.74. The number of aliphatic carboxylic acids is 1. The lowest BCUT2D eigenvalue weighted by molar-refractivity contribution is -0.145. The molecule has 1 unspecified atom stereocenters. The summed E-state index contributed by atoms with van der Waals surface area (Å²) in [5.74, 6) is -1.55. The molecule has 4 rings (SSSR count). The van der Waals surface area contributed by atoms with E-state index >= 15 is 0 Å². The highest BCUT2D eigenvalue weighted by Gasteiger charge is 2.30. The van der Waals surface area contributed by atoms with Gasteiger partial charge in [0, 0.05) is 24.9 Å². The van der Waals surface area contributed by atoms with Crippen LogP contribution in [0.5, 0.6) is 0 Å². The zero-order chi connectivity index (χ0) is 26.4. The number of rotatable bonds is 10. The average molecular weight is 501 g/mol. The summed E-state index contributed by atoms with van der Waals surface area (Å²) in [6, 6.07) is 25.0. The molecule has 2 amide bonds. The molecule has 0 saturated heterocycles. The number of carbonyl (C=O) groups is 3. The number of hydrogen-bond acceptors (Lipinski definition) is 4. The van der Waals surface area contributed by atoms with Crippen molar-refractivity contribution < 1.29 is 24.2 Å². The van der Waals surface area contributed by atoms with E-state index in [1.807, 2.05) is 68.4 Å². The van der Waals surface area contributed by atoms with Crippen molar-refractivity contribution in [2.45, 2.75) is 38.8 Å². The van der Waals surface area contributed by atoms with Gasteiger partial charge in [-0.3, -0.25) is 9.59 Å². The van der Waals surface area contributed by atoms with E-state index in [1.165, 1.54) is 4.90 Å². The SMILES string of the molecule is CC(C)C(CC(=O)N(CC(=O)O)Cc1ccccc1)NC(=O)OCC1c2ccccc2-c2ccccc21. The van der Waals surface area contributed by atoms with Gasteiger partial charge in [0.1, 0.15) is 13.2 Å². The number of carbonyl (C=O) groups excluding carboxylic acids is 2. The third kappa shape index (κ3) is 6.36. The molecule has 0 bridgehead atoms. The molecule has 37 heavy (non-hydrogen) atoms. The lowest BCUT2D eigenvalue weighted by atomic mass is 9.98. The van der Waals surface area contributed by atoms with Gasteiger partial charge in [-0.25, -0.2) is 4.79 Å². The van der Waals surface area contributed by atoms with Gasteiger partial charge in [-0.2, -0.15) is 0 Å². The largest absolute Gasteiger partial charge is 0.480 e. The highest BCUT2D eigenvalue weighted by atomic mass is 16.5. The first kappa shape index (κ1) is 25.9. The fraction of sp³-hybridized carbons (Fsp3) is 0.300. The lowest BCUT2D eigenvalue weighted by Crippen LogP contribution is -2.44. The second-order valence-corrected chi connectivity index (χ2v) is 9.65. The molecule has 1 aliphatic carbocycles. The number of carboxylic acids is 1. The minimum atomic E-state index is -1.09. The number of alkyl carbamates (subject to hydrolysis) is 1. The van der Waals surface area contributed by atoms with Crippen molar-refractivity contribution >= 4 is 18.0 Å². The first-order valence-corrected chi connectivity index (χ1v) is 12.5. The number of nitrogens with one attached hydrogen (secondary N) is 1. The molecule has 0 fully saturated rings. The molecular weight excluding hydrogens is 468 g/mol. The molecule has 7 heteroatoms. The van der Waals surface area contributed by atoms with Crippen molar-refractivity contribution in [2.75, 3.05) is 13.2 Å². The van der Waals surface area contributed by atoms with Crippen molar-refractivity contribution in [3.8, 4) is 11.1 Å². The zero-order valence-electron chi connectivity index (χ0n) is 21.1. The van der Waals surface area contributed by atoms with Crippen LogP contribution in [0.2, 0.25) is 0 Å². The van der Waals surface area contributed by atoms with Crippen molar-refractivity contribution in [3.63, 3.8) is 0 Å². The number of hydrogen-bond donors (Lipinski definition) is 2. The molecule has 0 saturated carbocycles. The van der Waals surface area contributed by atoms with Crippen molar-refractivity contribution in [2.24, 2.45) is 5.92 Å². The number of amides is 2. The van der Waals surface area contributed by atoms with Crippen LogP contribution in [0.15, 0.2) is 78.9 Å². The van der Waals surface area contributed by atoms with E-state index in [9.17, 15) is 19.5 Å². The smallest absolute Gasteiger partial charge is 0.407 e. The molecule has 3 aromatic rings. The summed E-state index contributed by atoms with van der Waals surface area (Å²) in [5, 5.41) is 12.2. The van der Waals surface area contributed by atoms with Gasteiger partial charge in [-0.15, -0.1) is 0 Å². The van der Waals surface area contributed by atoms with Gasteiger partial charge in [0.05, 0.1) is 0 Å². The van der Waals surface area contributed by atoms with Crippen LogP contribution in [0, 0.1) is 5.92 Å². The summed E-state index contributed by atoms with van der Waals surface area (Å²) in [7, 11) is 0. The molecule has 1 atom stereocenters. The Labute approximate surface area is 217 Å². The van der Waals surface area contributed by atoms with Gasteiger partial charge in [-0.1, -0.05) is 92.7 Å². The number of ether oxygens (including phenoxy) is 1. The molecule has 0 aromatic heterocycles. The minimum Gasteiger partial charge on any atom is -0.480 e. The molecule has 0 aliphatic heterocycles. The maximum atomic E-state index is 13.1. The summed E-state index contributed by atoms with van der Waals surface area (Å²) in [5.41, 5.74) is 5.38. The maximum absolute atomic E-state index is 13.1. The van der Waals surface area contributed by atoms with Gasteiger partial charge < -0.3 is 20.1 Å². The summed E-state index contributed by atoms with van der Waals surface area (Å²) >= 11 is 0. The van der Waals surface area contributed by atoms with Crippen LogP contribution in [0.25, 0.3) is 11.1 Å². The molecule has 0 spiro atoms. The Bertz CT molecular complexity index is 1210. The summed E-state index contributed by atoms with van der Waals surface area (Å²) in [6.45, 7) is 3.75. The van der Waals surface area contributed by atoms with Crippen LogP contribution in [0.1, 0.15) is 42.9 Å². The quantitative estimate of drug-likeness (QED) is 0.406. The van der Waals surface area contributed by atoms with Crippen LogP contribution in [0.3, 0.4) is 0 Å². The second-order valence-electron chi connectivity index (χ2n) is 9.65. The van der Waals surface area contributed by atoms with Crippen molar-refractivity contribution in [1.82, 2.24) is 10.2 Å². The van der Waals surface area contributed by atoms with E-state index in [-0.39, 0.29) is 37.3 Å². The lowest BCUT2D eigenvalue weighted by Gasteiger charge is -2.26. The fourth-order valence-corrected chi connectivity index (χ4v) is 4.76. The van der Waals surface area contributed by atoms with Gasteiger partial charge in [0.2, 0.25) is 5.91 Å². The van der Waals surface area contributed by atoms with E-state index < -0.39 is 24.6 Å². The van der Waals surface area contributed by atoms with E-state index in [0.717, 1.165) is 27.8 Å². The topological polar surface area (TPSA) is 95.9 Å². The van der Waals surface area contributed by atoms with Crippen LogP contribution in [-0.2, 0) is 20.9 Å².